The third-order valence-electron chi connectivity index (χ3n) is 3.35. The third kappa shape index (κ3) is 3.55. The van der Waals surface area contributed by atoms with Crippen LogP contribution in [0.25, 0.3) is 11.1 Å². The molecule has 0 spiro atoms. The predicted octanol–water partition coefficient (Wildman–Crippen LogP) is 2.28. The van der Waals surface area contributed by atoms with E-state index in [2.05, 4.69) is 0 Å². The van der Waals surface area contributed by atoms with E-state index in [1.165, 1.54) is 24.3 Å². The van der Waals surface area contributed by atoms with Gasteiger partial charge in [-0.3, -0.25) is 14.9 Å². The number of benzene rings is 2. The summed E-state index contributed by atoms with van der Waals surface area (Å²) in [5, 5.41) is 39.3. The smallest absolute Gasteiger partial charge is 0.320 e. The van der Waals surface area contributed by atoms with Crippen molar-refractivity contribution < 1.29 is 25.0 Å². The fourth-order valence-electron chi connectivity index (χ4n) is 2.20. The summed E-state index contributed by atoms with van der Waals surface area (Å²) >= 11 is 6.05. The van der Waals surface area contributed by atoms with Crippen LogP contribution in [0.15, 0.2) is 30.3 Å². The molecule has 0 amide bonds. The fourth-order valence-corrected chi connectivity index (χ4v) is 2.47. The van der Waals surface area contributed by atoms with Gasteiger partial charge >= 0.3 is 5.97 Å². The highest BCUT2D eigenvalue weighted by Crippen LogP contribution is 2.41. The summed E-state index contributed by atoms with van der Waals surface area (Å²) in [5.41, 5.74) is 5.44. The fraction of sp³-hybridized carbons (Fsp3) is 0.133. The van der Waals surface area contributed by atoms with E-state index >= 15 is 0 Å². The van der Waals surface area contributed by atoms with Crippen LogP contribution in [0.3, 0.4) is 0 Å². The number of carbonyl (C=O) groups is 1. The molecule has 2 aromatic carbocycles. The number of phenolic OH excluding ortho intramolecular Hbond substituents is 2. The molecular formula is C15H13ClN2O6. The maximum atomic E-state index is 11.2. The minimum absolute atomic E-state index is 0.0776. The van der Waals surface area contributed by atoms with Gasteiger partial charge in [-0.1, -0.05) is 11.6 Å². The van der Waals surface area contributed by atoms with E-state index in [9.17, 15) is 25.1 Å². The van der Waals surface area contributed by atoms with E-state index in [0.29, 0.717) is 0 Å². The molecule has 0 aliphatic carbocycles. The van der Waals surface area contributed by atoms with Crippen LogP contribution in [-0.4, -0.2) is 32.3 Å². The van der Waals surface area contributed by atoms with Crippen LogP contribution in [0.2, 0.25) is 5.02 Å². The number of phenols is 2. The molecule has 2 rings (SSSR count). The van der Waals surface area contributed by atoms with E-state index in [-0.39, 0.29) is 39.6 Å². The summed E-state index contributed by atoms with van der Waals surface area (Å²) in [6, 6.07) is 4.92. The summed E-state index contributed by atoms with van der Waals surface area (Å²) in [6.07, 6.45) is -0.167. The number of nitro groups is 1. The summed E-state index contributed by atoms with van der Waals surface area (Å²) < 4.78 is 0. The van der Waals surface area contributed by atoms with Crippen LogP contribution < -0.4 is 5.73 Å². The van der Waals surface area contributed by atoms with Crippen molar-refractivity contribution in [2.45, 2.75) is 12.5 Å². The first-order chi connectivity index (χ1) is 11.2. The molecule has 0 fully saturated rings. The van der Waals surface area contributed by atoms with E-state index < -0.39 is 22.6 Å². The molecule has 5 N–H and O–H groups in total. The van der Waals surface area contributed by atoms with Gasteiger partial charge in [0, 0.05) is 17.2 Å². The van der Waals surface area contributed by atoms with Crippen LogP contribution in [0.1, 0.15) is 5.56 Å². The molecule has 8 nitrogen and oxygen atoms in total. The lowest BCUT2D eigenvalue weighted by atomic mass is 9.97. The number of halogens is 1. The highest BCUT2D eigenvalue weighted by molar-refractivity contribution is 6.35. The number of carboxylic acids is 1. The summed E-state index contributed by atoms with van der Waals surface area (Å²) in [5.74, 6) is -1.67. The Balaban J connectivity index is 2.65. The maximum Gasteiger partial charge on any atom is 0.320 e. The zero-order valence-corrected chi connectivity index (χ0v) is 12.9. The van der Waals surface area contributed by atoms with Gasteiger partial charge in [0.25, 0.3) is 5.69 Å². The van der Waals surface area contributed by atoms with Crippen molar-refractivity contribution in [2.75, 3.05) is 0 Å². The zero-order chi connectivity index (χ0) is 18.0. The van der Waals surface area contributed by atoms with Gasteiger partial charge in [0.1, 0.15) is 22.6 Å². The average molecular weight is 353 g/mol. The second-order valence-electron chi connectivity index (χ2n) is 5.08. The largest absolute Gasteiger partial charge is 0.508 e. The third-order valence-corrected chi connectivity index (χ3v) is 3.75. The molecule has 1 unspecified atom stereocenters. The number of carboxylic acid groups (broad SMARTS) is 1. The predicted molar refractivity (Wildman–Crippen MR) is 86.2 cm³/mol. The summed E-state index contributed by atoms with van der Waals surface area (Å²) in [4.78, 5) is 21.4. The number of nitrogens with two attached hydrogens (primary N) is 1. The highest BCUT2D eigenvalue weighted by atomic mass is 35.5. The van der Waals surface area contributed by atoms with E-state index in [4.69, 9.17) is 22.4 Å². The van der Waals surface area contributed by atoms with Gasteiger partial charge in [-0.15, -0.1) is 0 Å². The molecule has 1 atom stereocenters. The van der Waals surface area contributed by atoms with Crippen LogP contribution >= 0.6 is 11.6 Å². The number of hydrogen-bond acceptors (Lipinski definition) is 6. The molecule has 0 heterocycles. The van der Waals surface area contributed by atoms with Crippen LogP contribution in [0.4, 0.5) is 5.69 Å². The van der Waals surface area contributed by atoms with Crippen molar-refractivity contribution in [2.24, 2.45) is 5.73 Å². The van der Waals surface area contributed by atoms with Crippen molar-refractivity contribution in [1.29, 1.82) is 0 Å². The molecule has 126 valence electrons. The molecule has 0 saturated heterocycles. The molecule has 2 aromatic rings. The van der Waals surface area contributed by atoms with Crippen molar-refractivity contribution in [3.63, 3.8) is 0 Å². The molecule has 0 aromatic heterocycles. The van der Waals surface area contributed by atoms with E-state index in [1.54, 1.807) is 0 Å². The van der Waals surface area contributed by atoms with Crippen LogP contribution in [0.5, 0.6) is 11.5 Å². The number of nitro benzene ring substituents is 1. The Bertz CT molecular complexity index is 824. The molecule has 9 heteroatoms. The van der Waals surface area contributed by atoms with Gasteiger partial charge in [-0.2, -0.15) is 0 Å². The Kier molecular flexibility index (Phi) is 4.91. The molecule has 0 saturated carbocycles. The van der Waals surface area contributed by atoms with Gasteiger partial charge in [-0.25, -0.2) is 0 Å². The number of nitrogens with zero attached hydrogens (tertiary/aromatic N) is 1. The van der Waals surface area contributed by atoms with Crippen LogP contribution in [-0.2, 0) is 11.2 Å². The second kappa shape index (κ2) is 6.73. The summed E-state index contributed by atoms with van der Waals surface area (Å²) in [6.45, 7) is 0. The normalized spacial score (nSPS) is 11.9. The van der Waals surface area contributed by atoms with Crippen molar-refractivity contribution in [3.05, 3.63) is 51.0 Å². The Morgan fingerprint density at radius 1 is 1.25 bits per heavy atom. The maximum absolute atomic E-state index is 11.2. The molecule has 0 aliphatic heterocycles. The van der Waals surface area contributed by atoms with Gasteiger partial charge in [-0.05, 0) is 36.2 Å². The van der Waals surface area contributed by atoms with Crippen molar-refractivity contribution >= 4 is 23.3 Å². The Hall–Kier alpha value is -2.84. The Morgan fingerprint density at radius 2 is 1.92 bits per heavy atom. The Morgan fingerprint density at radius 3 is 2.50 bits per heavy atom. The van der Waals surface area contributed by atoms with Gasteiger partial charge in [0.2, 0.25) is 0 Å². The highest BCUT2D eigenvalue weighted by Gasteiger charge is 2.23. The lowest BCUT2D eigenvalue weighted by Gasteiger charge is -2.12. The first-order valence-corrected chi connectivity index (χ1v) is 7.06. The molecule has 24 heavy (non-hydrogen) atoms. The van der Waals surface area contributed by atoms with E-state index in [0.717, 1.165) is 6.07 Å². The minimum Gasteiger partial charge on any atom is -0.508 e. The SMILES string of the molecule is NC(Cc1cc(-c2cc(O)ccc2O)c(Cl)c([N+](=O)[O-])c1)C(=O)O. The molecule has 0 radical (unpaired) electrons. The second-order valence-corrected chi connectivity index (χ2v) is 5.46. The number of aromatic hydroxyl groups is 2. The number of hydrogen-bond donors (Lipinski definition) is 4. The van der Waals surface area contributed by atoms with Gasteiger partial charge in [0.05, 0.1) is 4.92 Å². The van der Waals surface area contributed by atoms with Gasteiger partial charge < -0.3 is 21.1 Å². The molecule has 0 bridgehead atoms. The molecular weight excluding hydrogens is 340 g/mol. The standard InChI is InChI=1S/C15H13ClN2O6/c16-14-10(9-6-8(19)1-2-13(9)20)3-7(4-11(17)15(21)22)5-12(14)18(23)24/h1-3,5-6,11,19-20H,4,17H2,(H,21,22). The average Bonchev–Trinajstić information content (AvgIpc) is 2.50. The first kappa shape index (κ1) is 17.5. The minimum atomic E-state index is -1.26. The number of aliphatic carboxylic acids is 1. The lowest BCUT2D eigenvalue weighted by molar-refractivity contribution is -0.384. The topological polar surface area (TPSA) is 147 Å². The quantitative estimate of drug-likeness (QED) is 0.366. The number of rotatable bonds is 5. The lowest BCUT2D eigenvalue weighted by Crippen LogP contribution is -2.32. The van der Waals surface area contributed by atoms with Crippen molar-refractivity contribution in [3.8, 4) is 22.6 Å². The first-order valence-electron chi connectivity index (χ1n) is 6.68. The summed E-state index contributed by atoms with van der Waals surface area (Å²) in [7, 11) is 0. The molecule has 0 aliphatic rings. The van der Waals surface area contributed by atoms with E-state index in [1.807, 2.05) is 0 Å². The monoisotopic (exact) mass is 352 g/mol. The van der Waals surface area contributed by atoms with Crippen LogP contribution in [0, 0.1) is 10.1 Å². The zero-order valence-electron chi connectivity index (χ0n) is 12.1. The van der Waals surface area contributed by atoms with Crippen molar-refractivity contribution in [1.82, 2.24) is 0 Å². The Labute approximate surface area is 140 Å². The van der Waals surface area contributed by atoms with Gasteiger partial charge in [0.15, 0.2) is 0 Å².